The topological polar surface area (TPSA) is 72.8 Å². The molecule has 0 aromatic heterocycles. The number of ether oxygens (including phenoxy) is 2. The highest BCUT2D eigenvalue weighted by molar-refractivity contribution is 5.70. The number of allylic oxidation sites excluding steroid dienone is 20. The predicted octanol–water partition coefficient (Wildman–Crippen LogP) is 23.0. The van der Waals surface area contributed by atoms with E-state index in [2.05, 4.69) is 135 Å². The molecule has 0 bridgehead atoms. The van der Waals surface area contributed by atoms with E-state index < -0.39 is 6.10 Å². The second-order valence-corrected chi connectivity index (χ2v) is 21.8. The number of carbonyl (C=O) groups is 2. The summed E-state index contributed by atoms with van der Waals surface area (Å²) in [7, 11) is 0. The summed E-state index contributed by atoms with van der Waals surface area (Å²) >= 11 is 0. The lowest BCUT2D eigenvalue weighted by Crippen LogP contribution is -2.28. The number of aliphatic hydroxyl groups excluding tert-OH is 1. The summed E-state index contributed by atoms with van der Waals surface area (Å²) in [6.07, 6.45) is 99.4. The Morgan fingerprint density at radius 3 is 0.872 bits per heavy atom. The highest BCUT2D eigenvalue weighted by Gasteiger charge is 2.16. The third-order valence-electron chi connectivity index (χ3n) is 14.2. The summed E-state index contributed by atoms with van der Waals surface area (Å²) < 4.78 is 10.7. The number of rotatable bonds is 60. The minimum Gasteiger partial charge on any atom is -0.462 e. The number of hydrogen-bond acceptors (Lipinski definition) is 5. The van der Waals surface area contributed by atoms with Gasteiger partial charge in [-0.3, -0.25) is 9.59 Å². The van der Waals surface area contributed by atoms with E-state index >= 15 is 0 Å². The van der Waals surface area contributed by atoms with E-state index in [0.29, 0.717) is 12.8 Å². The van der Waals surface area contributed by atoms with Gasteiger partial charge in [-0.05, 0) is 103 Å². The zero-order valence-corrected chi connectivity index (χ0v) is 51.1. The van der Waals surface area contributed by atoms with Gasteiger partial charge in [0.05, 0.1) is 6.61 Å². The monoisotopic (exact) mass is 1080 g/mol. The van der Waals surface area contributed by atoms with Crippen LogP contribution < -0.4 is 0 Å². The molecular formula is C73H124O5. The maximum Gasteiger partial charge on any atom is 0.306 e. The summed E-state index contributed by atoms with van der Waals surface area (Å²) in [5, 5.41) is 9.66. The van der Waals surface area contributed by atoms with E-state index in [0.717, 1.165) is 83.5 Å². The smallest absolute Gasteiger partial charge is 0.306 e. The zero-order chi connectivity index (χ0) is 56.2. The van der Waals surface area contributed by atoms with Crippen molar-refractivity contribution in [3.63, 3.8) is 0 Å². The van der Waals surface area contributed by atoms with E-state index in [1.807, 2.05) is 0 Å². The normalized spacial score (nSPS) is 13.0. The molecule has 0 aliphatic carbocycles. The van der Waals surface area contributed by atoms with Crippen LogP contribution in [0, 0.1) is 0 Å². The molecule has 0 aliphatic rings. The number of esters is 2. The first kappa shape index (κ1) is 74.3. The SMILES string of the molecule is CC/C=C\C/C=C\C/C=C\C/C=C\C/C=C\C/C=C\C/C=C\CCCC(=O)OC(CO)COC(=O)CCCCCCCCCCCCCCCCCCCCCCCCCCCC/C=C\C/C=C\C/C=C\CCCCCCC. The lowest BCUT2D eigenvalue weighted by Gasteiger charge is -2.15. The van der Waals surface area contributed by atoms with Crippen LogP contribution in [0.2, 0.25) is 0 Å². The molecule has 0 saturated carbocycles. The summed E-state index contributed by atoms with van der Waals surface area (Å²) in [6, 6.07) is 0. The van der Waals surface area contributed by atoms with Crippen molar-refractivity contribution in [3.8, 4) is 0 Å². The molecule has 78 heavy (non-hydrogen) atoms. The summed E-state index contributed by atoms with van der Waals surface area (Å²) in [6.45, 7) is 3.98. The Labute approximate surface area is 483 Å². The molecular weight excluding hydrogens is 957 g/mol. The largest absolute Gasteiger partial charge is 0.462 e. The van der Waals surface area contributed by atoms with Gasteiger partial charge in [0.1, 0.15) is 6.61 Å². The molecule has 0 aromatic rings. The van der Waals surface area contributed by atoms with Crippen LogP contribution in [0.3, 0.4) is 0 Å². The van der Waals surface area contributed by atoms with Crippen molar-refractivity contribution in [1.29, 1.82) is 0 Å². The molecule has 0 saturated heterocycles. The molecule has 0 fully saturated rings. The molecule has 0 spiro atoms. The first-order chi connectivity index (χ1) is 38.6. The van der Waals surface area contributed by atoms with Crippen LogP contribution in [0.4, 0.5) is 0 Å². The standard InChI is InChI=1S/C73H124O5/c1-3-5-7-9-11-13-15-17-19-21-23-25-27-28-29-30-31-32-33-34-35-36-37-38-39-40-41-42-43-44-46-47-49-51-53-55-57-59-61-63-65-67-72(75)77-70-71(69-74)78-73(76)68-66-64-62-60-58-56-54-52-50-48-45-26-24-22-20-18-16-14-12-10-8-6-4-2/h6,8,12,14-15,17-18,20-21,23-24,26-28,48,50,54,56,60,62,71,74H,3-5,7,9-11,13,16,19,22,25,29-47,49,51-53,55,57-59,61,63-70H2,1-2H3/b8-6-,14-12-,17-15-,20-18-,23-21-,26-24-,28-27-,50-48-,56-54-,62-60-. The first-order valence-electron chi connectivity index (χ1n) is 33.1. The summed E-state index contributed by atoms with van der Waals surface area (Å²) in [5.74, 6) is -0.657. The Morgan fingerprint density at radius 1 is 0.308 bits per heavy atom. The molecule has 0 heterocycles. The molecule has 0 amide bonds. The fraction of sp³-hybridized carbons (Fsp3) is 0.699. The Hall–Kier alpha value is -3.70. The van der Waals surface area contributed by atoms with Gasteiger partial charge in [0.2, 0.25) is 0 Å². The van der Waals surface area contributed by atoms with Crippen LogP contribution in [0.5, 0.6) is 0 Å². The van der Waals surface area contributed by atoms with Crippen LogP contribution in [0.15, 0.2) is 122 Å². The molecule has 1 atom stereocenters. The van der Waals surface area contributed by atoms with Gasteiger partial charge in [-0.1, -0.05) is 315 Å². The van der Waals surface area contributed by atoms with E-state index in [-0.39, 0.29) is 31.6 Å². The Balaban J connectivity index is 3.48. The quantitative estimate of drug-likeness (QED) is 0.0373. The van der Waals surface area contributed by atoms with Crippen LogP contribution in [-0.2, 0) is 19.1 Å². The van der Waals surface area contributed by atoms with Gasteiger partial charge in [0, 0.05) is 12.8 Å². The fourth-order valence-corrected chi connectivity index (χ4v) is 9.32. The van der Waals surface area contributed by atoms with Gasteiger partial charge in [-0.2, -0.15) is 0 Å². The summed E-state index contributed by atoms with van der Waals surface area (Å²) in [5.41, 5.74) is 0. The molecule has 0 radical (unpaired) electrons. The molecule has 0 aromatic carbocycles. The van der Waals surface area contributed by atoms with E-state index in [4.69, 9.17) is 9.47 Å². The molecule has 1 N–H and O–H groups in total. The van der Waals surface area contributed by atoms with Crippen molar-refractivity contribution in [1.82, 2.24) is 0 Å². The molecule has 5 heteroatoms. The molecule has 1 unspecified atom stereocenters. The average Bonchev–Trinajstić information content (AvgIpc) is 3.44. The minimum absolute atomic E-state index is 0.0930. The summed E-state index contributed by atoms with van der Waals surface area (Å²) in [4.78, 5) is 24.6. The maximum atomic E-state index is 12.3. The predicted molar refractivity (Wildman–Crippen MR) is 343 cm³/mol. The van der Waals surface area contributed by atoms with Crippen molar-refractivity contribution in [3.05, 3.63) is 122 Å². The number of aliphatic hydroxyl groups is 1. The van der Waals surface area contributed by atoms with Gasteiger partial charge >= 0.3 is 11.9 Å². The van der Waals surface area contributed by atoms with Crippen LogP contribution in [0.1, 0.15) is 309 Å². The molecule has 446 valence electrons. The zero-order valence-electron chi connectivity index (χ0n) is 51.1. The molecule has 5 nitrogen and oxygen atoms in total. The van der Waals surface area contributed by atoms with Crippen molar-refractivity contribution in [2.75, 3.05) is 13.2 Å². The van der Waals surface area contributed by atoms with Crippen LogP contribution in [-0.4, -0.2) is 36.4 Å². The van der Waals surface area contributed by atoms with Crippen molar-refractivity contribution in [2.24, 2.45) is 0 Å². The Bertz CT molecular complexity index is 1550. The minimum atomic E-state index is -0.810. The first-order valence-corrected chi connectivity index (χ1v) is 33.1. The second-order valence-electron chi connectivity index (χ2n) is 21.8. The van der Waals surface area contributed by atoms with Gasteiger partial charge in [0.15, 0.2) is 6.10 Å². The number of carbonyl (C=O) groups excluding carboxylic acids is 2. The highest BCUT2D eigenvalue weighted by Crippen LogP contribution is 2.17. The van der Waals surface area contributed by atoms with Gasteiger partial charge in [-0.25, -0.2) is 0 Å². The van der Waals surface area contributed by atoms with E-state index in [9.17, 15) is 14.7 Å². The maximum absolute atomic E-state index is 12.3. The number of unbranched alkanes of at least 4 members (excludes halogenated alkanes) is 32. The third-order valence-corrected chi connectivity index (χ3v) is 14.2. The Kier molecular flexibility index (Phi) is 64.4. The lowest BCUT2D eigenvalue weighted by atomic mass is 10.0. The fourth-order valence-electron chi connectivity index (χ4n) is 9.32. The van der Waals surface area contributed by atoms with Crippen molar-refractivity contribution < 1.29 is 24.2 Å². The van der Waals surface area contributed by atoms with Crippen LogP contribution >= 0.6 is 0 Å². The van der Waals surface area contributed by atoms with Crippen LogP contribution in [0.25, 0.3) is 0 Å². The van der Waals surface area contributed by atoms with Gasteiger partial charge < -0.3 is 14.6 Å². The Morgan fingerprint density at radius 2 is 0.564 bits per heavy atom. The van der Waals surface area contributed by atoms with Gasteiger partial charge in [0.25, 0.3) is 0 Å². The van der Waals surface area contributed by atoms with E-state index in [1.165, 1.54) is 193 Å². The highest BCUT2D eigenvalue weighted by atomic mass is 16.6. The average molecular weight is 1080 g/mol. The van der Waals surface area contributed by atoms with E-state index in [1.54, 1.807) is 0 Å². The molecule has 0 rings (SSSR count). The second kappa shape index (κ2) is 67.6. The molecule has 0 aliphatic heterocycles. The van der Waals surface area contributed by atoms with Crippen molar-refractivity contribution >= 4 is 11.9 Å². The van der Waals surface area contributed by atoms with Gasteiger partial charge in [-0.15, -0.1) is 0 Å². The lowest BCUT2D eigenvalue weighted by molar-refractivity contribution is -0.161. The third kappa shape index (κ3) is 64.8. The van der Waals surface area contributed by atoms with Crippen molar-refractivity contribution in [2.45, 2.75) is 315 Å². The number of hydrogen-bond donors (Lipinski definition) is 1.